The van der Waals surface area contributed by atoms with Gasteiger partial charge in [-0.25, -0.2) is 0 Å². The molecule has 3 N–H and O–H groups in total. The summed E-state index contributed by atoms with van der Waals surface area (Å²) >= 11 is 0. The van der Waals surface area contributed by atoms with Gasteiger partial charge in [0.05, 0.1) is 25.2 Å². The minimum atomic E-state index is -0.796. The van der Waals surface area contributed by atoms with Gasteiger partial charge in [0.2, 0.25) is 5.91 Å². The van der Waals surface area contributed by atoms with Gasteiger partial charge >= 0.3 is 5.97 Å². The summed E-state index contributed by atoms with van der Waals surface area (Å²) in [6.07, 6.45) is 60.0. The van der Waals surface area contributed by atoms with E-state index in [9.17, 15) is 19.8 Å². The van der Waals surface area contributed by atoms with Crippen LogP contribution in [0.15, 0.2) is 60.8 Å². The molecule has 0 aliphatic carbocycles. The average molecular weight is 854 g/mol. The molecule has 6 nitrogen and oxygen atoms in total. The molecule has 0 aliphatic heterocycles. The normalized spacial score (nSPS) is 13.7. The summed E-state index contributed by atoms with van der Waals surface area (Å²) in [4.78, 5) is 26.1. The molecule has 0 spiro atoms. The number of unbranched alkanes of at least 4 members (excludes halogenated alkanes) is 24. The molecule has 0 radical (unpaired) electrons. The Hall–Kier alpha value is -2.44. The molecule has 0 bridgehead atoms. The molecule has 0 fully saturated rings. The van der Waals surface area contributed by atoms with E-state index in [1.54, 1.807) is 0 Å². The molecule has 0 heterocycles. The number of allylic oxidation sites excluding steroid dienone is 10. The predicted octanol–water partition coefficient (Wildman–Crippen LogP) is 15.6. The molecule has 1 amide bonds. The first-order valence-corrected chi connectivity index (χ1v) is 26.0. The molecular formula is C55H99NO5. The number of carbonyl (C=O) groups is 2. The van der Waals surface area contributed by atoms with E-state index < -0.39 is 18.2 Å². The van der Waals surface area contributed by atoms with Gasteiger partial charge in [-0.15, -0.1) is 0 Å². The van der Waals surface area contributed by atoms with Crippen LogP contribution in [0.25, 0.3) is 0 Å². The third-order valence-corrected chi connectivity index (χ3v) is 11.6. The van der Waals surface area contributed by atoms with Crippen molar-refractivity contribution in [3.8, 4) is 0 Å². The van der Waals surface area contributed by atoms with E-state index in [1.807, 2.05) is 0 Å². The zero-order chi connectivity index (χ0) is 44.5. The smallest absolute Gasteiger partial charge is 0.306 e. The van der Waals surface area contributed by atoms with Gasteiger partial charge in [0.15, 0.2) is 0 Å². The van der Waals surface area contributed by atoms with Crippen LogP contribution >= 0.6 is 0 Å². The maximum Gasteiger partial charge on any atom is 0.306 e. The lowest BCUT2D eigenvalue weighted by Gasteiger charge is -2.24. The maximum absolute atomic E-state index is 13.2. The fraction of sp³-hybridized carbons (Fsp3) is 0.782. The molecule has 3 unspecified atom stereocenters. The number of hydrogen-bond donors (Lipinski definition) is 3. The highest BCUT2D eigenvalue weighted by molar-refractivity contribution is 5.77. The summed E-state index contributed by atoms with van der Waals surface area (Å²) in [5.74, 6) is -0.537. The van der Waals surface area contributed by atoms with E-state index in [0.717, 1.165) is 77.0 Å². The Kier molecular flexibility index (Phi) is 46.6. The van der Waals surface area contributed by atoms with Crippen LogP contribution in [-0.4, -0.2) is 46.9 Å². The van der Waals surface area contributed by atoms with Crippen LogP contribution in [0.5, 0.6) is 0 Å². The summed E-state index contributed by atoms with van der Waals surface area (Å²) < 4.78 is 5.91. The zero-order valence-corrected chi connectivity index (χ0v) is 40.3. The van der Waals surface area contributed by atoms with Crippen molar-refractivity contribution < 1.29 is 24.5 Å². The van der Waals surface area contributed by atoms with Crippen LogP contribution < -0.4 is 5.32 Å². The van der Waals surface area contributed by atoms with Crippen LogP contribution in [-0.2, 0) is 14.3 Å². The molecular weight excluding hydrogens is 755 g/mol. The van der Waals surface area contributed by atoms with Crippen molar-refractivity contribution in [3.63, 3.8) is 0 Å². The van der Waals surface area contributed by atoms with Gasteiger partial charge in [-0.3, -0.25) is 9.59 Å². The highest BCUT2D eigenvalue weighted by Gasteiger charge is 2.24. The summed E-state index contributed by atoms with van der Waals surface area (Å²) in [6.45, 7) is 6.36. The first-order chi connectivity index (χ1) is 30.0. The third-order valence-electron chi connectivity index (χ3n) is 11.6. The van der Waals surface area contributed by atoms with E-state index in [0.29, 0.717) is 25.7 Å². The molecule has 0 aliphatic rings. The van der Waals surface area contributed by atoms with Gasteiger partial charge in [-0.05, 0) is 64.2 Å². The van der Waals surface area contributed by atoms with Crippen molar-refractivity contribution in [2.24, 2.45) is 0 Å². The number of aliphatic hydroxyl groups excluding tert-OH is 2. The van der Waals surface area contributed by atoms with Crippen molar-refractivity contribution in [2.45, 2.75) is 270 Å². The lowest BCUT2D eigenvalue weighted by atomic mass is 10.0. The van der Waals surface area contributed by atoms with Crippen LogP contribution in [0, 0.1) is 0 Å². The fourth-order valence-corrected chi connectivity index (χ4v) is 7.70. The van der Waals surface area contributed by atoms with E-state index in [2.05, 4.69) is 86.8 Å². The van der Waals surface area contributed by atoms with Crippen LogP contribution in [0.3, 0.4) is 0 Å². The summed E-state index contributed by atoms with van der Waals surface area (Å²) in [6, 6.07) is -0.712. The Morgan fingerprint density at radius 3 is 1.28 bits per heavy atom. The minimum Gasteiger partial charge on any atom is -0.462 e. The van der Waals surface area contributed by atoms with Gasteiger partial charge < -0.3 is 20.3 Å². The number of rotatable bonds is 46. The van der Waals surface area contributed by atoms with Crippen LogP contribution in [0.4, 0.5) is 0 Å². The van der Waals surface area contributed by atoms with E-state index in [1.165, 1.54) is 122 Å². The lowest BCUT2D eigenvalue weighted by Crippen LogP contribution is -2.46. The van der Waals surface area contributed by atoms with Gasteiger partial charge in [-0.1, -0.05) is 236 Å². The summed E-state index contributed by atoms with van der Waals surface area (Å²) in [7, 11) is 0. The zero-order valence-electron chi connectivity index (χ0n) is 40.3. The number of carbonyl (C=O) groups excluding carboxylic acids is 2. The second-order valence-electron chi connectivity index (χ2n) is 17.5. The Bertz CT molecular complexity index is 1090. The number of nitrogens with one attached hydrogen (secondary N) is 1. The second kappa shape index (κ2) is 48.6. The standard InChI is InChI=1S/C55H99NO5/c1-4-7-10-13-16-19-22-24-26-27-28-30-33-36-39-42-45-48-55(60)61-51(46-43-40-37-34-32-29-25-23-20-17-14-11-8-5-2)49-54(59)56-52(50-57)53(58)47-44-41-38-35-31-21-18-15-12-9-6-3/h7,10,16,19,24,26,28,30,36,39,51-53,57-58H,4-6,8-9,11-15,17-18,20-23,25,27,29,31-35,37-38,40-50H2,1-3H3,(H,56,59)/b10-7-,19-16-,26-24-,30-28-,39-36-. The monoisotopic (exact) mass is 854 g/mol. The highest BCUT2D eigenvalue weighted by Crippen LogP contribution is 2.18. The maximum atomic E-state index is 13.2. The topological polar surface area (TPSA) is 95.9 Å². The summed E-state index contributed by atoms with van der Waals surface area (Å²) in [5.41, 5.74) is 0. The van der Waals surface area contributed by atoms with Crippen molar-refractivity contribution in [1.29, 1.82) is 0 Å². The molecule has 0 aromatic carbocycles. The Balaban J connectivity index is 4.66. The molecule has 0 aromatic rings. The number of esters is 1. The predicted molar refractivity (Wildman–Crippen MR) is 264 cm³/mol. The second-order valence-corrected chi connectivity index (χ2v) is 17.5. The summed E-state index contributed by atoms with van der Waals surface area (Å²) in [5, 5.41) is 23.7. The van der Waals surface area contributed by atoms with Crippen molar-refractivity contribution in [3.05, 3.63) is 60.8 Å². The quantitative estimate of drug-likeness (QED) is 0.0322. The van der Waals surface area contributed by atoms with E-state index >= 15 is 0 Å². The molecule has 3 atom stereocenters. The van der Waals surface area contributed by atoms with Gasteiger partial charge in [0.1, 0.15) is 6.10 Å². The largest absolute Gasteiger partial charge is 0.462 e. The molecule has 354 valence electrons. The van der Waals surface area contributed by atoms with Gasteiger partial charge in [0.25, 0.3) is 0 Å². The first kappa shape index (κ1) is 58.6. The number of amides is 1. The Labute approximate surface area is 378 Å². The molecule has 0 saturated carbocycles. The minimum absolute atomic E-state index is 0.0562. The van der Waals surface area contributed by atoms with Crippen molar-refractivity contribution >= 4 is 11.9 Å². The lowest BCUT2D eigenvalue weighted by molar-refractivity contribution is -0.151. The van der Waals surface area contributed by atoms with Crippen LogP contribution in [0.2, 0.25) is 0 Å². The Morgan fingerprint density at radius 2 is 0.869 bits per heavy atom. The van der Waals surface area contributed by atoms with E-state index in [-0.39, 0.29) is 24.9 Å². The Morgan fingerprint density at radius 1 is 0.492 bits per heavy atom. The molecule has 0 aromatic heterocycles. The third kappa shape index (κ3) is 44.0. The van der Waals surface area contributed by atoms with Gasteiger partial charge in [-0.2, -0.15) is 0 Å². The van der Waals surface area contributed by atoms with Crippen LogP contribution in [0.1, 0.15) is 252 Å². The number of ether oxygens (including phenoxy) is 1. The highest BCUT2D eigenvalue weighted by atomic mass is 16.5. The van der Waals surface area contributed by atoms with Gasteiger partial charge in [0, 0.05) is 6.42 Å². The fourth-order valence-electron chi connectivity index (χ4n) is 7.70. The first-order valence-electron chi connectivity index (χ1n) is 26.0. The SMILES string of the molecule is CC/C=C\C/C=C\C/C=C\C/C=C\C/C=C\CCCC(=O)OC(CCCCCCCCCCCCCCCC)CC(=O)NC(CO)C(O)CCCCCCCCCCCCC. The number of aliphatic hydroxyl groups is 2. The molecule has 0 saturated heterocycles. The number of hydrogen-bond acceptors (Lipinski definition) is 5. The molecule has 6 heteroatoms. The van der Waals surface area contributed by atoms with E-state index in [4.69, 9.17) is 4.74 Å². The molecule has 0 rings (SSSR count). The average Bonchev–Trinajstić information content (AvgIpc) is 3.25. The van der Waals surface area contributed by atoms with Crippen molar-refractivity contribution in [2.75, 3.05) is 6.61 Å². The van der Waals surface area contributed by atoms with Crippen molar-refractivity contribution in [1.82, 2.24) is 5.32 Å². The molecule has 61 heavy (non-hydrogen) atoms.